The Morgan fingerprint density at radius 2 is 2.15 bits per heavy atom. The number of carbonyl (C=O) groups excluding carboxylic acids is 1. The first-order valence-electron chi connectivity index (χ1n) is 6.10. The van der Waals surface area contributed by atoms with Crippen molar-refractivity contribution in [3.63, 3.8) is 0 Å². The standard InChI is InChI=1S/C13H15ClN4O2/c1-4-20-13(19)10-5-9(15)6-11(14)12(10)18-8(3)16-7(2)17-18/h5-6H,4,15H2,1-3H3. The van der Waals surface area contributed by atoms with Crippen LogP contribution in [0.5, 0.6) is 0 Å². The zero-order valence-corrected chi connectivity index (χ0v) is 12.2. The van der Waals surface area contributed by atoms with Crippen LogP contribution in [0.1, 0.15) is 28.9 Å². The number of nitrogens with two attached hydrogens (primary N) is 1. The number of rotatable bonds is 3. The molecule has 2 N–H and O–H groups in total. The fourth-order valence-corrected chi connectivity index (χ4v) is 2.24. The summed E-state index contributed by atoms with van der Waals surface area (Å²) in [5, 5.41) is 4.57. The molecule has 1 aromatic carbocycles. The number of aromatic nitrogens is 3. The normalized spacial score (nSPS) is 10.6. The van der Waals surface area contributed by atoms with Gasteiger partial charge in [0.25, 0.3) is 0 Å². The van der Waals surface area contributed by atoms with Gasteiger partial charge in [-0.15, -0.1) is 0 Å². The van der Waals surface area contributed by atoms with E-state index in [-0.39, 0.29) is 12.2 Å². The lowest BCUT2D eigenvalue weighted by Gasteiger charge is -2.12. The van der Waals surface area contributed by atoms with Gasteiger partial charge in [0.2, 0.25) is 0 Å². The number of hydrogen-bond acceptors (Lipinski definition) is 5. The number of esters is 1. The molecule has 0 aliphatic rings. The molecule has 0 bridgehead atoms. The van der Waals surface area contributed by atoms with E-state index in [0.29, 0.717) is 28.0 Å². The van der Waals surface area contributed by atoms with E-state index in [1.165, 1.54) is 10.7 Å². The zero-order chi connectivity index (χ0) is 14.9. The molecule has 0 saturated heterocycles. The van der Waals surface area contributed by atoms with Crippen molar-refractivity contribution in [1.29, 1.82) is 0 Å². The van der Waals surface area contributed by atoms with Gasteiger partial charge < -0.3 is 10.5 Å². The van der Waals surface area contributed by atoms with E-state index < -0.39 is 5.97 Å². The molecule has 0 spiro atoms. The van der Waals surface area contributed by atoms with Gasteiger partial charge in [0.15, 0.2) is 0 Å². The highest BCUT2D eigenvalue weighted by Gasteiger charge is 2.20. The van der Waals surface area contributed by atoms with Crippen LogP contribution < -0.4 is 5.73 Å². The Morgan fingerprint density at radius 1 is 1.45 bits per heavy atom. The third-order valence-electron chi connectivity index (χ3n) is 2.67. The van der Waals surface area contributed by atoms with Crippen molar-refractivity contribution in [1.82, 2.24) is 14.8 Å². The summed E-state index contributed by atoms with van der Waals surface area (Å²) >= 11 is 6.22. The maximum atomic E-state index is 12.1. The summed E-state index contributed by atoms with van der Waals surface area (Å²) < 4.78 is 6.55. The molecule has 6 nitrogen and oxygen atoms in total. The Morgan fingerprint density at radius 3 is 2.70 bits per heavy atom. The molecule has 1 heterocycles. The van der Waals surface area contributed by atoms with Crippen molar-refractivity contribution in [2.24, 2.45) is 0 Å². The van der Waals surface area contributed by atoms with Gasteiger partial charge in [0.05, 0.1) is 17.2 Å². The number of halogens is 1. The van der Waals surface area contributed by atoms with Crippen molar-refractivity contribution in [3.05, 3.63) is 34.4 Å². The predicted octanol–water partition coefficient (Wildman–Crippen LogP) is 2.30. The first-order chi connectivity index (χ1) is 9.43. The second-order valence-electron chi connectivity index (χ2n) is 4.24. The van der Waals surface area contributed by atoms with Crippen LogP contribution in [0, 0.1) is 13.8 Å². The van der Waals surface area contributed by atoms with Crippen molar-refractivity contribution in [3.8, 4) is 5.69 Å². The summed E-state index contributed by atoms with van der Waals surface area (Å²) in [6.07, 6.45) is 0. The van der Waals surface area contributed by atoms with Crippen LogP contribution >= 0.6 is 11.6 Å². The molecule has 7 heteroatoms. The highest BCUT2D eigenvalue weighted by molar-refractivity contribution is 6.33. The highest BCUT2D eigenvalue weighted by Crippen LogP contribution is 2.28. The smallest absolute Gasteiger partial charge is 0.340 e. The van der Waals surface area contributed by atoms with E-state index in [4.69, 9.17) is 22.1 Å². The molecule has 0 atom stereocenters. The van der Waals surface area contributed by atoms with Gasteiger partial charge >= 0.3 is 5.97 Å². The number of carbonyl (C=O) groups is 1. The average molecular weight is 295 g/mol. The monoisotopic (exact) mass is 294 g/mol. The molecule has 2 rings (SSSR count). The number of benzene rings is 1. The third-order valence-corrected chi connectivity index (χ3v) is 2.96. The van der Waals surface area contributed by atoms with Gasteiger partial charge in [-0.25, -0.2) is 14.5 Å². The van der Waals surface area contributed by atoms with E-state index in [9.17, 15) is 4.79 Å². The van der Waals surface area contributed by atoms with Crippen LogP contribution in [0.3, 0.4) is 0 Å². The molecular formula is C13H15ClN4O2. The molecule has 106 valence electrons. The van der Waals surface area contributed by atoms with E-state index in [1.54, 1.807) is 26.8 Å². The molecule has 1 aromatic heterocycles. The second kappa shape index (κ2) is 5.50. The topological polar surface area (TPSA) is 83.0 Å². The van der Waals surface area contributed by atoms with Crippen molar-refractivity contribution in [2.75, 3.05) is 12.3 Å². The molecule has 0 unspecified atom stereocenters. The second-order valence-corrected chi connectivity index (χ2v) is 4.64. The SMILES string of the molecule is CCOC(=O)c1cc(N)cc(Cl)c1-n1nc(C)nc1C. The lowest BCUT2D eigenvalue weighted by atomic mass is 10.1. The quantitative estimate of drug-likeness (QED) is 0.693. The van der Waals surface area contributed by atoms with E-state index in [0.717, 1.165) is 0 Å². The molecule has 0 aliphatic carbocycles. The number of ether oxygens (including phenoxy) is 1. The maximum Gasteiger partial charge on any atom is 0.340 e. The maximum absolute atomic E-state index is 12.1. The van der Waals surface area contributed by atoms with Gasteiger partial charge in [-0.3, -0.25) is 0 Å². The summed E-state index contributed by atoms with van der Waals surface area (Å²) in [7, 11) is 0. The summed E-state index contributed by atoms with van der Waals surface area (Å²) in [4.78, 5) is 16.3. The average Bonchev–Trinajstić information content (AvgIpc) is 2.67. The Bertz CT molecular complexity index is 667. The van der Waals surface area contributed by atoms with Crippen LogP contribution in [0.2, 0.25) is 5.02 Å². The van der Waals surface area contributed by atoms with E-state index in [1.807, 2.05) is 0 Å². The van der Waals surface area contributed by atoms with Crippen LogP contribution in [0.25, 0.3) is 5.69 Å². The van der Waals surface area contributed by atoms with Crippen molar-refractivity contribution < 1.29 is 9.53 Å². The minimum Gasteiger partial charge on any atom is -0.462 e. The van der Waals surface area contributed by atoms with Gasteiger partial charge in [0, 0.05) is 5.69 Å². The van der Waals surface area contributed by atoms with Crippen LogP contribution in [0.4, 0.5) is 5.69 Å². The molecule has 0 amide bonds. The largest absolute Gasteiger partial charge is 0.462 e. The number of nitrogen functional groups attached to an aromatic ring is 1. The van der Waals surface area contributed by atoms with Crippen molar-refractivity contribution >= 4 is 23.3 Å². The first kappa shape index (κ1) is 14.3. The Kier molecular flexibility index (Phi) is 3.94. The Labute approximate surface area is 121 Å². The predicted molar refractivity (Wildman–Crippen MR) is 76.2 cm³/mol. The van der Waals surface area contributed by atoms with Crippen LogP contribution in [0.15, 0.2) is 12.1 Å². The van der Waals surface area contributed by atoms with Gasteiger partial charge in [0.1, 0.15) is 17.3 Å². The zero-order valence-electron chi connectivity index (χ0n) is 11.5. The fourth-order valence-electron chi connectivity index (χ4n) is 1.93. The van der Waals surface area contributed by atoms with Gasteiger partial charge in [-0.1, -0.05) is 11.6 Å². The van der Waals surface area contributed by atoms with Crippen LogP contribution in [-0.2, 0) is 4.74 Å². The number of hydrogen-bond donors (Lipinski definition) is 1. The molecular weight excluding hydrogens is 280 g/mol. The molecule has 0 saturated carbocycles. The number of aryl methyl sites for hydroxylation is 2. The number of anilines is 1. The highest BCUT2D eigenvalue weighted by atomic mass is 35.5. The van der Waals surface area contributed by atoms with Gasteiger partial charge in [-0.2, -0.15) is 5.10 Å². The summed E-state index contributed by atoms with van der Waals surface area (Å²) in [5.41, 5.74) is 6.83. The molecule has 0 fully saturated rings. The third kappa shape index (κ3) is 2.60. The Hall–Kier alpha value is -2.08. The summed E-state index contributed by atoms with van der Waals surface area (Å²) in [6.45, 7) is 5.54. The molecule has 0 aliphatic heterocycles. The minimum absolute atomic E-state index is 0.264. The van der Waals surface area contributed by atoms with Gasteiger partial charge in [-0.05, 0) is 32.9 Å². The van der Waals surface area contributed by atoms with Crippen LogP contribution in [-0.4, -0.2) is 27.3 Å². The van der Waals surface area contributed by atoms with E-state index in [2.05, 4.69) is 10.1 Å². The van der Waals surface area contributed by atoms with Crippen molar-refractivity contribution in [2.45, 2.75) is 20.8 Å². The van der Waals surface area contributed by atoms with E-state index >= 15 is 0 Å². The number of nitrogens with zero attached hydrogens (tertiary/aromatic N) is 3. The summed E-state index contributed by atoms with van der Waals surface area (Å²) in [5.74, 6) is 0.717. The lowest BCUT2D eigenvalue weighted by Crippen LogP contribution is -2.13. The Balaban J connectivity index is 2.68. The fraction of sp³-hybridized carbons (Fsp3) is 0.308. The summed E-state index contributed by atoms with van der Waals surface area (Å²) in [6, 6.07) is 3.09. The molecule has 2 aromatic rings. The lowest BCUT2D eigenvalue weighted by molar-refractivity contribution is 0.0526. The molecule has 20 heavy (non-hydrogen) atoms. The minimum atomic E-state index is -0.496. The molecule has 0 radical (unpaired) electrons. The first-order valence-corrected chi connectivity index (χ1v) is 6.48.